The van der Waals surface area contributed by atoms with Crippen molar-refractivity contribution in [3.05, 3.63) is 83.6 Å². The summed E-state index contributed by atoms with van der Waals surface area (Å²) in [5, 5.41) is 0. The van der Waals surface area contributed by atoms with Gasteiger partial charge in [-0.2, -0.15) is 13.2 Å². The van der Waals surface area contributed by atoms with Crippen LogP contribution in [0, 0.1) is 5.82 Å². The second-order valence-corrected chi connectivity index (χ2v) is 8.36. The molecule has 0 unspecified atom stereocenters. The number of aromatic amines is 1. The van der Waals surface area contributed by atoms with Gasteiger partial charge in [-0.15, -0.1) is 0 Å². The highest BCUT2D eigenvalue weighted by Gasteiger charge is 2.35. The Morgan fingerprint density at radius 2 is 1.82 bits per heavy atom. The van der Waals surface area contributed by atoms with E-state index in [9.17, 15) is 22.4 Å². The fourth-order valence-electron chi connectivity index (χ4n) is 4.32. The third-order valence-corrected chi connectivity index (χ3v) is 6.03. The number of H-pyrrole nitrogens is 1. The maximum Gasteiger partial charge on any atom is 0.449 e. The molecule has 0 saturated carbocycles. The summed E-state index contributed by atoms with van der Waals surface area (Å²) in [4.78, 5) is 25.4. The molecule has 2 aromatic carbocycles. The van der Waals surface area contributed by atoms with Crippen LogP contribution in [0.25, 0.3) is 22.3 Å². The summed E-state index contributed by atoms with van der Waals surface area (Å²) in [5.74, 6) is -1.63. The molecule has 3 heterocycles. The number of carbonyl (C=O) groups excluding carboxylic acids is 1. The molecule has 5 rings (SSSR count). The number of hydrogen-bond acceptors (Lipinski definition) is 3. The molecule has 174 valence electrons. The molecule has 4 aromatic rings. The van der Waals surface area contributed by atoms with Crippen LogP contribution < -0.4 is 0 Å². The number of imidazole rings is 1. The molecule has 2 aromatic heterocycles. The van der Waals surface area contributed by atoms with Crippen molar-refractivity contribution in [1.29, 1.82) is 0 Å². The largest absolute Gasteiger partial charge is 0.449 e. The molecule has 1 atom stereocenters. The second-order valence-electron chi connectivity index (χ2n) is 8.36. The molecule has 9 heteroatoms. The van der Waals surface area contributed by atoms with Crippen molar-refractivity contribution in [2.75, 3.05) is 13.1 Å². The molecular formula is C25H20F4N4O. The van der Waals surface area contributed by atoms with Crippen molar-refractivity contribution in [1.82, 2.24) is 19.9 Å². The van der Waals surface area contributed by atoms with Gasteiger partial charge >= 0.3 is 6.18 Å². The zero-order valence-electron chi connectivity index (χ0n) is 17.9. The lowest BCUT2D eigenvalue weighted by Crippen LogP contribution is -2.39. The van der Waals surface area contributed by atoms with Gasteiger partial charge in [-0.05, 0) is 67.4 Å². The number of aromatic nitrogens is 3. The molecule has 1 aliphatic rings. The van der Waals surface area contributed by atoms with E-state index in [-0.39, 0.29) is 28.7 Å². The summed E-state index contributed by atoms with van der Waals surface area (Å²) in [7, 11) is 0. The second kappa shape index (κ2) is 8.55. The van der Waals surface area contributed by atoms with Crippen molar-refractivity contribution >= 4 is 16.9 Å². The minimum atomic E-state index is -4.58. The number of amides is 1. The quantitative estimate of drug-likeness (QED) is 0.387. The molecule has 34 heavy (non-hydrogen) atoms. The first-order valence-electron chi connectivity index (χ1n) is 10.9. The predicted molar refractivity (Wildman–Crippen MR) is 119 cm³/mol. The smallest absolute Gasteiger partial charge is 0.338 e. The molecule has 0 bridgehead atoms. The number of benzene rings is 2. The van der Waals surface area contributed by atoms with Crippen LogP contribution in [0.4, 0.5) is 17.6 Å². The lowest BCUT2D eigenvalue weighted by Gasteiger charge is -2.32. The highest BCUT2D eigenvalue weighted by Crippen LogP contribution is 2.31. The zero-order chi connectivity index (χ0) is 23.9. The van der Waals surface area contributed by atoms with Crippen molar-refractivity contribution in [2.45, 2.75) is 24.9 Å². The summed E-state index contributed by atoms with van der Waals surface area (Å²) in [6, 6.07) is 16.1. The summed E-state index contributed by atoms with van der Waals surface area (Å²) in [6.07, 6.45) is -2.94. The van der Waals surface area contributed by atoms with Crippen LogP contribution in [0.5, 0.6) is 0 Å². The lowest BCUT2D eigenvalue weighted by atomic mass is 9.93. The van der Waals surface area contributed by atoms with Gasteiger partial charge in [-0.3, -0.25) is 9.78 Å². The molecule has 0 aliphatic carbocycles. The molecule has 0 radical (unpaired) electrons. The van der Waals surface area contributed by atoms with Crippen LogP contribution in [0.1, 0.15) is 40.6 Å². The average molecular weight is 468 g/mol. The molecule has 1 aliphatic heterocycles. The van der Waals surface area contributed by atoms with Gasteiger partial charge in [0.15, 0.2) is 0 Å². The number of fused-ring (bicyclic) bond motifs is 1. The summed E-state index contributed by atoms with van der Waals surface area (Å²) < 4.78 is 52.1. The maximum absolute atomic E-state index is 13.3. The van der Waals surface area contributed by atoms with Crippen molar-refractivity contribution in [2.24, 2.45) is 0 Å². The van der Waals surface area contributed by atoms with Gasteiger partial charge in [0, 0.05) is 35.8 Å². The summed E-state index contributed by atoms with van der Waals surface area (Å²) >= 11 is 0. The minimum absolute atomic E-state index is 0.0193. The van der Waals surface area contributed by atoms with E-state index >= 15 is 0 Å². The number of nitrogens with one attached hydrogen (secondary N) is 1. The maximum atomic E-state index is 13.3. The Kier molecular flexibility index (Phi) is 5.55. The van der Waals surface area contributed by atoms with E-state index < -0.39 is 12.0 Å². The number of likely N-dealkylation sites (tertiary alicyclic amines) is 1. The van der Waals surface area contributed by atoms with E-state index in [1.807, 2.05) is 18.2 Å². The first kappa shape index (κ1) is 22.1. The minimum Gasteiger partial charge on any atom is -0.338 e. The standard InChI is InChI=1S/C25H20F4N4O/c26-18-9-6-15(7-10-18)19-4-1-5-20(30-19)17-3-2-12-33(14-17)23(34)16-8-11-21-22(13-16)32-24(31-21)25(27,28)29/h1,4-11,13,17H,2-3,12,14H2,(H,31,32)/t17-/m1/s1. The van der Waals surface area contributed by atoms with Gasteiger partial charge in [0.25, 0.3) is 5.91 Å². The fourth-order valence-corrected chi connectivity index (χ4v) is 4.32. The van der Waals surface area contributed by atoms with Gasteiger partial charge in [0.05, 0.1) is 16.7 Å². The molecule has 1 fully saturated rings. The predicted octanol–water partition coefficient (Wildman–Crippen LogP) is 5.80. The van der Waals surface area contributed by atoms with Crippen LogP contribution in [-0.4, -0.2) is 38.8 Å². The molecular weight excluding hydrogens is 448 g/mol. The van der Waals surface area contributed by atoms with Crippen LogP contribution >= 0.6 is 0 Å². The van der Waals surface area contributed by atoms with Crippen LogP contribution in [0.3, 0.4) is 0 Å². The number of pyridine rings is 1. The van der Waals surface area contributed by atoms with Crippen LogP contribution in [0.2, 0.25) is 0 Å². The SMILES string of the molecule is O=C(c1ccc2nc(C(F)(F)F)[nH]c2c1)N1CCC[C@@H](c2cccc(-c3ccc(F)cc3)n2)C1. The first-order chi connectivity index (χ1) is 16.3. The van der Waals surface area contributed by atoms with Crippen molar-refractivity contribution < 1.29 is 22.4 Å². The van der Waals surface area contributed by atoms with Crippen LogP contribution in [0.15, 0.2) is 60.7 Å². The van der Waals surface area contributed by atoms with Gasteiger partial charge in [0.2, 0.25) is 5.82 Å². The van der Waals surface area contributed by atoms with E-state index in [0.717, 1.165) is 29.8 Å². The van der Waals surface area contributed by atoms with E-state index in [4.69, 9.17) is 4.98 Å². The summed E-state index contributed by atoms with van der Waals surface area (Å²) in [5.41, 5.74) is 3.00. The lowest BCUT2D eigenvalue weighted by molar-refractivity contribution is -0.144. The Morgan fingerprint density at radius 3 is 2.59 bits per heavy atom. The Labute approximate surface area is 192 Å². The number of alkyl halides is 3. The summed E-state index contributed by atoms with van der Waals surface area (Å²) in [6.45, 7) is 1.01. The Bertz CT molecular complexity index is 1350. The van der Waals surface area contributed by atoms with E-state index in [1.54, 1.807) is 17.0 Å². The van der Waals surface area contributed by atoms with E-state index in [2.05, 4.69) is 9.97 Å². The van der Waals surface area contributed by atoms with Gasteiger partial charge in [0.1, 0.15) is 5.82 Å². The van der Waals surface area contributed by atoms with Crippen LogP contribution in [-0.2, 0) is 6.18 Å². The normalized spacial score (nSPS) is 16.7. The number of carbonyl (C=O) groups is 1. The Morgan fingerprint density at radius 1 is 1.03 bits per heavy atom. The monoisotopic (exact) mass is 468 g/mol. The number of rotatable bonds is 3. The molecule has 0 spiro atoms. The zero-order valence-corrected chi connectivity index (χ0v) is 17.9. The van der Waals surface area contributed by atoms with Gasteiger partial charge < -0.3 is 9.88 Å². The topological polar surface area (TPSA) is 61.9 Å². The Hall–Kier alpha value is -3.75. The van der Waals surface area contributed by atoms with Gasteiger partial charge in [-0.25, -0.2) is 9.37 Å². The molecule has 1 amide bonds. The number of hydrogen-bond donors (Lipinski definition) is 1. The van der Waals surface area contributed by atoms with Crippen molar-refractivity contribution in [3.63, 3.8) is 0 Å². The first-order valence-corrected chi connectivity index (χ1v) is 10.9. The molecule has 5 nitrogen and oxygen atoms in total. The highest BCUT2D eigenvalue weighted by molar-refractivity contribution is 5.97. The Balaban J connectivity index is 1.36. The number of piperidine rings is 1. The third-order valence-electron chi connectivity index (χ3n) is 6.03. The number of nitrogens with zero attached hydrogens (tertiary/aromatic N) is 3. The fraction of sp³-hybridized carbons (Fsp3) is 0.240. The van der Waals surface area contributed by atoms with Crippen molar-refractivity contribution in [3.8, 4) is 11.3 Å². The van der Waals surface area contributed by atoms with E-state index in [0.29, 0.717) is 18.7 Å². The highest BCUT2D eigenvalue weighted by atomic mass is 19.4. The van der Waals surface area contributed by atoms with Gasteiger partial charge in [-0.1, -0.05) is 6.07 Å². The molecule has 1 saturated heterocycles. The third kappa shape index (κ3) is 4.37. The number of halogens is 4. The van der Waals surface area contributed by atoms with E-state index in [1.165, 1.54) is 30.3 Å². The average Bonchev–Trinajstić information content (AvgIpc) is 3.28. The molecule has 1 N–H and O–H groups in total.